The third kappa shape index (κ3) is 14.4. The van der Waals surface area contributed by atoms with Gasteiger partial charge in [-0.05, 0) is 43.4 Å². The minimum Gasteiger partial charge on any atom is -0.480 e. The Kier molecular flexibility index (Phi) is 19.7. The van der Waals surface area contributed by atoms with Crippen LogP contribution >= 0.6 is 0 Å². The van der Waals surface area contributed by atoms with E-state index >= 15 is 0 Å². The molecule has 0 saturated carbocycles. The maximum Gasteiger partial charge on any atom is 0.326 e. The molecule has 0 spiro atoms. The second-order valence-corrected chi connectivity index (χ2v) is 13.9. The second kappa shape index (κ2) is 22.5. The van der Waals surface area contributed by atoms with Gasteiger partial charge in [0, 0.05) is 13.1 Å². The van der Waals surface area contributed by atoms with Crippen LogP contribution < -0.4 is 43.8 Å². The molecule has 53 heavy (non-hydrogen) atoms. The quantitative estimate of drug-likeness (QED) is 0.0287. The summed E-state index contributed by atoms with van der Waals surface area (Å²) in [6, 6.07) is -8.74. The summed E-state index contributed by atoms with van der Waals surface area (Å²) in [4.78, 5) is 96.4. The number of carboxylic acid groups (broad SMARTS) is 1. The lowest BCUT2D eigenvalue weighted by molar-refractivity contribution is -0.144. The highest BCUT2D eigenvalue weighted by atomic mass is 16.4. The van der Waals surface area contributed by atoms with Gasteiger partial charge < -0.3 is 64.0 Å². The summed E-state index contributed by atoms with van der Waals surface area (Å²) in [5.74, 6) is -7.18. The van der Waals surface area contributed by atoms with Crippen molar-refractivity contribution in [1.82, 2.24) is 31.5 Å². The molecule has 20 nitrogen and oxygen atoms in total. The highest BCUT2D eigenvalue weighted by Gasteiger charge is 2.41. The number of nitrogens with one attached hydrogen (secondary N) is 5. The lowest BCUT2D eigenvalue weighted by atomic mass is 9.96. The molecular formula is C33H60N10O10. The van der Waals surface area contributed by atoms with Gasteiger partial charge in [-0.1, -0.05) is 48.0 Å². The molecule has 0 aliphatic carbocycles. The van der Waals surface area contributed by atoms with Crippen molar-refractivity contribution in [2.45, 2.75) is 116 Å². The molecule has 1 heterocycles. The first-order valence-electron chi connectivity index (χ1n) is 17.9. The molecule has 1 saturated heterocycles. The van der Waals surface area contributed by atoms with E-state index in [9.17, 15) is 48.9 Å². The minimum absolute atomic E-state index is 0.0408. The molecule has 8 atom stereocenters. The van der Waals surface area contributed by atoms with Gasteiger partial charge in [0.15, 0.2) is 5.96 Å². The molecule has 1 aliphatic heterocycles. The Morgan fingerprint density at radius 1 is 0.774 bits per heavy atom. The minimum atomic E-state index is -1.66. The number of carbonyl (C=O) groups is 7. The molecule has 0 bridgehead atoms. The van der Waals surface area contributed by atoms with Gasteiger partial charge in [-0.25, -0.2) is 4.79 Å². The molecule has 1 aliphatic rings. The van der Waals surface area contributed by atoms with Crippen molar-refractivity contribution >= 4 is 47.4 Å². The Morgan fingerprint density at radius 3 is 1.77 bits per heavy atom. The second-order valence-electron chi connectivity index (χ2n) is 13.9. The zero-order valence-corrected chi connectivity index (χ0v) is 31.5. The number of amides is 6. The zero-order chi connectivity index (χ0) is 40.6. The Morgan fingerprint density at radius 2 is 1.30 bits per heavy atom. The van der Waals surface area contributed by atoms with Crippen LogP contribution in [-0.4, -0.2) is 136 Å². The van der Waals surface area contributed by atoms with Crippen molar-refractivity contribution < 1.29 is 48.9 Å². The van der Waals surface area contributed by atoms with E-state index in [1.54, 1.807) is 34.6 Å². The molecular weight excluding hydrogens is 696 g/mol. The van der Waals surface area contributed by atoms with E-state index in [2.05, 4.69) is 31.6 Å². The van der Waals surface area contributed by atoms with Gasteiger partial charge in [0.05, 0.1) is 19.3 Å². The molecule has 302 valence electrons. The van der Waals surface area contributed by atoms with Gasteiger partial charge in [-0.15, -0.1) is 0 Å². The number of nitrogens with zero attached hydrogens (tertiary/aromatic N) is 2. The Labute approximate surface area is 309 Å². The Bertz CT molecular complexity index is 1310. The first-order valence-corrected chi connectivity index (χ1v) is 17.9. The third-order valence-corrected chi connectivity index (χ3v) is 9.08. The number of hydrogen-bond acceptors (Lipinski definition) is 11. The largest absolute Gasteiger partial charge is 0.480 e. The third-order valence-electron chi connectivity index (χ3n) is 9.08. The van der Waals surface area contributed by atoms with Crippen molar-refractivity contribution in [3.8, 4) is 0 Å². The SMILES string of the molecule is CC[C@H](C)[C@H](NC(=O)[C@@H](N)C(C)C)C(=O)N1CCC[C@H]1C(=O)N[C@@H](CCCN=C(N)N)C(=O)N[C@@H](CO)C(=O)N[C@@H](CO)C(=O)N[C@H](C(=O)O)C(C)C. The predicted octanol–water partition coefficient (Wildman–Crippen LogP) is -3.79. The summed E-state index contributed by atoms with van der Waals surface area (Å²) in [5.41, 5.74) is 16.8. The van der Waals surface area contributed by atoms with Crippen LogP contribution in [0.25, 0.3) is 0 Å². The van der Waals surface area contributed by atoms with Crippen LogP contribution in [0.2, 0.25) is 0 Å². The number of hydrogen-bond donors (Lipinski definition) is 11. The summed E-state index contributed by atoms with van der Waals surface area (Å²) in [5, 5.41) is 41.2. The normalized spacial score (nSPS) is 18.1. The topological polar surface area (TPSA) is 334 Å². The summed E-state index contributed by atoms with van der Waals surface area (Å²) in [7, 11) is 0. The molecule has 0 unspecified atom stereocenters. The van der Waals surface area contributed by atoms with E-state index in [0.717, 1.165) is 0 Å². The van der Waals surface area contributed by atoms with Gasteiger partial charge in [0.2, 0.25) is 35.4 Å². The van der Waals surface area contributed by atoms with Gasteiger partial charge in [0.25, 0.3) is 0 Å². The Hall–Kier alpha value is -4.56. The number of carbonyl (C=O) groups excluding carboxylic acids is 6. The van der Waals surface area contributed by atoms with Crippen molar-refractivity contribution in [2.75, 3.05) is 26.3 Å². The number of aliphatic hydroxyl groups is 2. The average Bonchev–Trinajstić information content (AvgIpc) is 3.60. The fraction of sp³-hybridized carbons (Fsp3) is 0.758. The highest BCUT2D eigenvalue weighted by molar-refractivity contribution is 5.97. The summed E-state index contributed by atoms with van der Waals surface area (Å²) >= 11 is 0. The fourth-order valence-electron chi connectivity index (χ4n) is 5.46. The highest BCUT2D eigenvalue weighted by Crippen LogP contribution is 2.22. The number of nitrogens with two attached hydrogens (primary N) is 3. The van der Waals surface area contributed by atoms with E-state index in [0.29, 0.717) is 12.8 Å². The van der Waals surface area contributed by atoms with Crippen LogP contribution in [0.3, 0.4) is 0 Å². The molecule has 0 aromatic carbocycles. The monoisotopic (exact) mass is 756 g/mol. The molecule has 0 radical (unpaired) electrons. The molecule has 0 aromatic rings. The number of aliphatic imine (C=N–C) groups is 1. The van der Waals surface area contributed by atoms with Crippen LogP contribution in [0.15, 0.2) is 4.99 Å². The number of rotatable bonds is 22. The van der Waals surface area contributed by atoms with E-state index in [1.807, 2.05) is 6.92 Å². The summed E-state index contributed by atoms with van der Waals surface area (Å²) in [6.07, 6.45) is 1.42. The smallest absolute Gasteiger partial charge is 0.326 e. The van der Waals surface area contributed by atoms with Gasteiger partial charge in [-0.2, -0.15) is 0 Å². The summed E-state index contributed by atoms with van der Waals surface area (Å²) in [6.45, 7) is 8.72. The van der Waals surface area contributed by atoms with E-state index in [4.69, 9.17) is 17.2 Å². The zero-order valence-electron chi connectivity index (χ0n) is 31.5. The van der Waals surface area contributed by atoms with Crippen molar-refractivity contribution in [3.63, 3.8) is 0 Å². The van der Waals surface area contributed by atoms with Crippen LogP contribution in [0, 0.1) is 17.8 Å². The van der Waals surface area contributed by atoms with E-state index < -0.39 is 103 Å². The molecule has 14 N–H and O–H groups in total. The number of guanidine groups is 1. The standard InChI is InChI=1S/C33H60N10O10/c1-7-18(6)25(42-30(50)23(34)16(2)3)31(51)43-13-9-11-22(43)29(49)38-19(10-8-12-37-33(35)36)26(46)39-20(14-44)27(47)40-21(15-45)28(48)41-24(17(4)5)32(52)53/h16-25,44-45H,7-15,34H2,1-6H3,(H,38,49)(H,39,46)(H,40,47)(H,41,48)(H,42,50)(H,52,53)(H4,35,36,37)/t18-,19-,20-,21-,22-,23-,24-,25-/m0/s1. The lowest BCUT2D eigenvalue weighted by Crippen LogP contribution is -2.61. The summed E-state index contributed by atoms with van der Waals surface area (Å²) < 4.78 is 0. The first kappa shape index (κ1) is 46.5. The molecule has 6 amide bonds. The average molecular weight is 757 g/mol. The number of likely N-dealkylation sites (tertiary alicyclic amines) is 1. The van der Waals surface area contributed by atoms with Crippen LogP contribution in [0.5, 0.6) is 0 Å². The van der Waals surface area contributed by atoms with E-state index in [-0.39, 0.29) is 50.1 Å². The molecule has 1 rings (SSSR count). The molecule has 0 aromatic heterocycles. The number of aliphatic hydroxyl groups excluding tert-OH is 2. The maximum atomic E-state index is 13.9. The molecule has 20 heteroatoms. The van der Waals surface area contributed by atoms with Crippen LogP contribution in [-0.2, 0) is 33.6 Å². The molecule has 1 fully saturated rings. The first-order chi connectivity index (χ1) is 24.8. The fourth-order valence-corrected chi connectivity index (χ4v) is 5.46. The maximum absolute atomic E-state index is 13.9. The van der Waals surface area contributed by atoms with Gasteiger partial charge in [0.1, 0.15) is 36.3 Å². The Balaban J connectivity index is 3.21. The number of aliphatic carboxylic acids is 1. The number of carboxylic acids is 1. The van der Waals surface area contributed by atoms with E-state index in [1.165, 1.54) is 4.90 Å². The van der Waals surface area contributed by atoms with Crippen molar-refractivity contribution in [3.05, 3.63) is 0 Å². The predicted molar refractivity (Wildman–Crippen MR) is 193 cm³/mol. The van der Waals surface area contributed by atoms with Gasteiger partial charge >= 0.3 is 5.97 Å². The lowest BCUT2D eigenvalue weighted by Gasteiger charge is -2.33. The van der Waals surface area contributed by atoms with Crippen LogP contribution in [0.1, 0.15) is 73.6 Å². The van der Waals surface area contributed by atoms with Gasteiger partial charge in [-0.3, -0.25) is 33.8 Å². The van der Waals surface area contributed by atoms with Crippen molar-refractivity contribution in [2.24, 2.45) is 39.9 Å². The van der Waals surface area contributed by atoms with Crippen LogP contribution in [0.4, 0.5) is 0 Å². The van der Waals surface area contributed by atoms with Crippen molar-refractivity contribution in [1.29, 1.82) is 0 Å².